The molecule has 0 unspecified atom stereocenters. The third kappa shape index (κ3) is 3.64. The van der Waals surface area contributed by atoms with E-state index in [2.05, 4.69) is 12.6 Å². The number of hydrogen-bond donors (Lipinski definition) is 6. The van der Waals surface area contributed by atoms with E-state index in [1.165, 1.54) is 0 Å². The zero-order valence-electron chi connectivity index (χ0n) is 11.9. The Bertz CT molecular complexity index is 711. The molecule has 0 aliphatic carbocycles. The Morgan fingerprint density at radius 1 is 0.522 bits per heavy atom. The summed E-state index contributed by atoms with van der Waals surface area (Å²) in [5.41, 5.74) is 21.8. The molecule has 1 rings (SSSR count). The Balaban J connectivity index is 0.00000484. The summed E-state index contributed by atoms with van der Waals surface area (Å²) in [5, 5.41) is 0. The molecule has 0 saturated carbocycles. The smallest absolute Gasteiger partial charge is 0.250 e. The van der Waals surface area contributed by atoms with E-state index in [-0.39, 0.29) is 29.6 Å². The van der Waals surface area contributed by atoms with Gasteiger partial charge in [-0.25, -0.2) is 0 Å². The van der Waals surface area contributed by atoms with Crippen LogP contribution in [0.15, 0.2) is 4.90 Å². The standard InChI is InChI=1S/C11H11N5O5S.Na/c12-7(17)1-2(8(13)18)4(10(15)20)6(22)5(11(16)21)3(1)9(14)19;/h22H,(H2,12,17)(H2,13,18)(H2,14,19)(H2,15,20)(H2,16,21);. The van der Waals surface area contributed by atoms with Crippen LogP contribution in [0.3, 0.4) is 0 Å². The molecule has 0 fully saturated rings. The van der Waals surface area contributed by atoms with Crippen molar-refractivity contribution >= 4 is 71.7 Å². The molecule has 1 aromatic carbocycles. The molecule has 117 valence electrons. The van der Waals surface area contributed by atoms with Crippen molar-refractivity contribution in [2.75, 3.05) is 0 Å². The average Bonchev–Trinajstić information content (AvgIpc) is 2.34. The summed E-state index contributed by atoms with van der Waals surface area (Å²) in [4.78, 5) is 57.3. The third-order valence-corrected chi connectivity index (χ3v) is 3.15. The SMILES string of the molecule is NC(=O)c1c(S)c(C(N)=O)c(C(N)=O)c(C(N)=O)c1C(N)=O.[Na]. The van der Waals surface area contributed by atoms with Crippen molar-refractivity contribution in [2.24, 2.45) is 28.7 Å². The van der Waals surface area contributed by atoms with E-state index in [1.807, 2.05) is 0 Å². The van der Waals surface area contributed by atoms with E-state index in [0.29, 0.717) is 0 Å². The molecule has 0 heterocycles. The Morgan fingerprint density at radius 2 is 0.696 bits per heavy atom. The van der Waals surface area contributed by atoms with Crippen molar-refractivity contribution in [3.05, 3.63) is 27.8 Å². The molecule has 0 aromatic heterocycles. The molecule has 10 nitrogen and oxygen atoms in total. The molecule has 0 aliphatic heterocycles. The molecule has 1 radical (unpaired) electrons. The van der Waals surface area contributed by atoms with Gasteiger partial charge in [-0.3, -0.25) is 24.0 Å². The largest absolute Gasteiger partial charge is 0.366 e. The van der Waals surface area contributed by atoms with Crippen LogP contribution in [0.2, 0.25) is 0 Å². The van der Waals surface area contributed by atoms with E-state index in [0.717, 1.165) is 0 Å². The molecule has 23 heavy (non-hydrogen) atoms. The fourth-order valence-corrected chi connectivity index (χ4v) is 2.40. The summed E-state index contributed by atoms with van der Waals surface area (Å²) in [6, 6.07) is 0. The molecule has 0 bridgehead atoms. The Kier molecular flexibility index (Phi) is 6.78. The predicted molar refractivity (Wildman–Crippen MR) is 82.0 cm³/mol. The summed E-state index contributed by atoms with van der Waals surface area (Å²) in [7, 11) is 0. The number of thiol groups is 1. The number of nitrogens with two attached hydrogens (primary N) is 5. The molecule has 0 aliphatic rings. The number of hydrogen-bond acceptors (Lipinski definition) is 6. The third-order valence-electron chi connectivity index (χ3n) is 2.71. The van der Waals surface area contributed by atoms with Crippen LogP contribution in [0.5, 0.6) is 0 Å². The van der Waals surface area contributed by atoms with E-state index in [4.69, 9.17) is 28.7 Å². The number of benzene rings is 1. The maximum Gasteiger partial charge on any atom is 0.250 e. The topological polar surface area (TPSA) is 215 Å². The molecule has 0 atom stereocenters. The molecule has 0 spiro atoms. The van der Waals surface area contributed by atoms with Crippen LogP contribution < -0.4 is 28.7 Å². The number of primary amides is 5. The zero-order valence-corrected chi connectivity index (χ0v) is 14.8. The first-order chi connectivity index (χ1) is 10.0. The summed E-state index contributed by atoms with van der Waals surface area (Å²) in [6.07, 6.45) is 0. The van der Waals surface area contributed by atoms with Crippen molar-refractivity contribution in [2.45, 2.75) is 4.90 Å². The monoisotopic (exact) mass is 348 g/mol. The van der Waals surface area contributed by atoms with Crippen molar-refractivity contribution in [1.82, 2.24) is 0 Å². The van der Waals surface area contributed by atoms with E-state index >= 15 is 0 Å². The second-order valence-corrected chi connectivity index (χ2v) is 4.49. The van der Waals surface area contributed by atoms with Crippen LogP contribution >= 0.6 is 12.6 Å². The van der Waals surface area contributed by atoms with Gasteiger partial charge in [0.1, 0.15) is 0 Å². The summed E-state index contributed by atoms with van der Waals surface area (Å²) < 4.78 is 0. The Hall–Kier alpha value is -2.08. The van der Waals surface area contributed by atoms with Gasteiger partial charge in [0.2, 0.25) is 17.7 Å². The number of rotatable bonds is 5. The molecule has 10 N–H and O–H groups in total. The quantitative estimate of drug-likeness (QED) is 0.243. The van der Waals surface area contributed by atoms with Gasteiger partial charge < -0.3 is 28.7 Å². The minimum Gasteiger partial charge on any atom is -0.366 e. The van der Waals surface area contributed by atoms with Crippen molar-refractivity contribution in [3.63, 3.8) is 0 Å². The number of carbonyl (C=O) groups excluding carboxylic acids is 5. The van der Waals surface area contributed by atoms with Gasteiger partial charge in [-0.1, -0.05) is 0 Å². The molecular weight excluding hydrogens is 337 g/mol. The minimum absolute atomic E-state index is 0. The van der Waals surface area contributed by atoms with Crippen LogP contribution in [-0.2, 0) is 0 Å². The van der Waals surface area contributed by atoms with Crippen molar-refractivity contribution in [3.8, 4) is 0 Å². The van der Waals surface area contributed by atoms with Gasteiger partial charge in [-0.15, -0.1) is 12.6 Å². The van der Waals surface area contributed by atoms with Crippen LogP contribution in [0.25, 0.3) is 0 Å². The van der Waals surface area contributed by atoms with Gasteiger partial charge in [0.05, 0.1) is 27.8 Å². The number of amides is 5. The first-order valence-corrected chi connectivity index (χ1v) is 5.88. The summed E-state index contributed by atoms with van der Waals surface area (Å²) in [6.45, 7) is 0. The zero-order chi connectivity index (χ0) is 17.4. The van der Waals surface area contributed by atoms with Crippen molar-refractivity contribution < 1.29 is 24.0 Å². The number of carbonyl (C=O) groups is 5. The normalized spacial score (nSPS) is 9.61. The van der Waals surface area contributed by atoms with Gasteiger partial charge >= 0.3 is 0 Å². The fraction of sp³-hybridized carbons (Fsp3) is 0. The summed E-state index contributed by atoms with van der Waals surface area (Å²) >= 11 is 3.87. The van der Waals surface area contributed by atoms with Crippen LogP contribution in [0, 0.1) is 0 Å². The Morgan fingerprint density at radius 3 is 0.870 bits per heavy atom. The molecule has 0 saturated heterocycles. The van der Waals surface area contributed by atoms with E-state index < -0.39 is 62.2 Å². The minimum atomic E-state index is -1.33. The molecule has 1 aromatic rings. The fourth-order valence-electron chi connectivity index (χ4n) is 1.96. The Labute approximate surface area is 156 Å². The van der Waals surface area contributed by atoms with E-state index in [9.17, 15) is 24.0 Å². The van der Waals surface area contributed by atoms with Crippen molar-refractivity contribution in [1.29, 1.82) is 0 Å². The van der Waals surface area contributed by atoms with Crippen LogP contribution in [-0.4, -0.2) is 59.1 Å². The second kappa shape index (κ2) is 7.46. The summed E-state index contributed by atoms with van der Waals surface area (Å²) in [5.74, 6) is -6.39. The first-order valence-electron chi connectivity index (χ1n) is 5.44. The van der Waals surface area contributed by atoms with Crippen LogP contribution in [0.4, 0.5) is 0 Å². The van der Waals surface area contributed by atoms with Gasteiger partial charge in [0.25, 0.3) is 11.8 Å². The second-order valence-electron chi connectivity index (χ2n) is 4.04. The predicted octanol–water partition coefficient (Wildman–Crippen LogP) is -2.91. The maximum atomic E-state index is 11.6. The van der Waals surface area contributed by atoms with Gasteiger partial charge in [-0.05, 0) is 0 Å². The molecule has 5 amide bonds. The van der Waals surface area contributed by atoms with Gasteiger partial charge in [-0.2, -0.15) is 0 Å². The maximum absolute atomic E-state index is 11.6. The van der Waals surface area contributed by atoms with E-state index in [1.54, 1.807) is 0 Å². The average molecular weight is 348 g/mol. The molecule has 12 heteroatoms. The molecular formula is C11H11N5NaO5S. The van der Waals surface area contributed by atoms with Gasteiger partial charge in [0, 0.05) is 34.5 Å². The first kappa shape index (κ1) is 20.9. The van der Waals surface area contributed by atoms with Crippen LogP contribution in [0.1, 0.15) is 51.8 Å². The van der Waals surface area contributed by atoms with Gasteiger partial charge in [0.15, 0.2) is 0 Å².